The van der Waals surface area contributed by atoms with E-state index >= 15 is 0 Å². The van der Waals surface area contributed by atoms with Crippen LogP contribution in [0.4, 0.5) is 0 Å². The van der Waals surface area contributed by atoms with Gasteiger partial charge in [0.2, 0.25) is 0 Å². The van der Waals surface area contributed by atoms with Crippen LogP contribution in [0.1, 0.15) is 37.7 Å². The summed E-state index contributed by atoms with van der Waals surface area (Å²) in [5.41, 5.74) is 1.29. The van der Waals surface area contributed by atoms with Crippen molar-refractivity contribution in [2.24, 2.45) is 0 Å². The third-order valence-electron chi connectivity index (χ3n) is 4.30. The van der Waals surface area contributed by atoms with Crippen LogP contribution in [-0.2, 0) is 11.3 Å². The molecule has 2 fully saturated rings. The first-order chi connectivity index (χ1) is 8.92. The van der Waals surface area contributed by atoms with Crippen LogP contribution in [0.5, 0.6) is 0 Å². The summed E-state index contributed by atoms with van der Waals surface area (Å²) in [5.74, 6) is 0. The number of rotatable bonds is 4. The molecule has 1 aliphatic carbocycles. The summed E-state index contributed by atoms with van der Waals surface area (Å²) in [5, 5.41) is 0. The third kappa shape index (κ3) is 2.93. The molecule has 2 heteroatoms. The summed E-state index contributed by atoms with van der Waals surface area (Å²) >= 11 is 0. The molecule has 2 nitrogen and oxygen atoms in total. The number of nitrogens with zero attached hydrogens (tertiary/aromatic N) is 1. The number of likely N-dealkylation sites (tertiary alicyclic amines) is 1. The zero-order valence-electron chi connectivity index (χ0n) is 11.1. The van der Waals surface area contributed by atoms with E-state index in [0.29, 0.717) is 6.10 Å². The predicted molar refractivity (Wildman–Crippen MR) is 73.5 cm³/mol. The molecule has 1 aliphatic heterocycles. The number of hydrogen-bond acceptors (Lipinski definition) is 2. The van der Waals surface area contributed by atoms with Gasteiger partial charge in [0.1, 0.15) is 0 Å². The molecule has 0 radical (unpaired) electrons. The fourth-order valence-corrected chi connectivity index (χ4v) is 3.11. The highest BCUT2D eigenvalue weighted by atomic mass is 16.5. The maximum absolute atomic E-state index is 5.94. The normalized spacial score (nSPS) is 22.9. The van der Waals surface area contributed by atoms with Crippen molar-refractivity contribution in [2.75, 3.05) is 13.1 Å². The standard InChI is InChI=1S/C16H23NO/c1-3-7-14(8-4-1)13-18-16-11-17(12-16)15-9-5-2-6-10-15/h1,3-4,7-8,15-16H,2,5-6,9-13H2. The van der Waals surface area contributed by atoms with E-state index in [-0.39, 0.29) is 0 Å². The van der Waals surface area contributed by atoms with Crippen LogP contribution < -0.4 is 0 Å². The fraction of sp³-hybridized carbons (Fsp3) is 0.625. The number of ether oxygens (including phenoxy) is 1. The Morgan fingerprint density at radius 1 is 1.00 bits per heavy atom. The molecular formula is C16H23NO. The van der Waals surface area contributed by atoms with Gasteiger partial charge in [0.25, 0.3) is 0 Å². The second-order valence-electron chi connectivity index (χ2n) is 5.66. The Morgan fingerprint density at radius 2 is 1.72 bits per heavy atom. The number of hydrogen-bond donors (Lipinski definition) is 0. The monoisotopic (exact) mass is 245 g/mol. The van der Waals surface area contributed by atoms with Crippen molar-refractivity contribution >= 4 is 0 Å². The third-order valence-corrected chi connectivity index (χ3v) is 4.30. The van der Waals surface area contributed by atoms with Crippen molar-refractivity contribution in [1.82, 2.24) is 4.90 Å². The molecule has 0 aromatic heterocycles. The van der Waals surface area contributed by atoms with Crippen molar-refractivity contribution in [3.63, 3.8) is 0 Å². The second-order valence-corrected chi connectivity index (χ2v) is 5.66. The van der Waals surface area contributed by atoms with Crippen LogP contribution in [-0.4, -0.2) is 30.1 Å². The van der Waals surface area contributed by atoms with Crippen LogP contribution in [0.2, 0.25) is 0 Å². The number of benzene rings is 1. The summed E-state index contributed by atoms with van der Waals surface area (Å²) in [6.45, 7) is 3.07. The Hall–Kier alpha value is -0.860. The van der Waals surface area contributed by atoms with E-state index in [0.717, 1.165) is 25.7 Å². The molecule has 2 aliphatic rings. The van der Waals surface area contributed by atoms with Gasteiger partial charge >= 0.3 is 0 Å². The SMILES string of the molecule is c1ccc(COC2CN(C3CCCCC3)C2)cc1. The quantitative estimate of drug-likeness (QED) is 0.807. The molecule has 0 amide bonds. The van der Waals surface area contributed by atoms with Gasteiger partial charge in [-0.2, -0.15) is 0 Å². The van der Waals surface area contributed by atoms with Gasteiger partial charge in [0, 0.05) is 19.1 Å². The van der Waals surface area contributed by atoms with Crippen LogP contribution in [0.3, 0.4) is 0 Å². The van der Waals surface area contributed by atoms with Gasteiger partial charge in [0.05, 0.1) is 12.7 Å². The first-order valence-corrected chi connectivity index (χ1v) is 7.31. The van der Waals surface area contributed by atoms with Gasteiger partial charge in [-0.3, -0.25) is 4.90 Å². The lowest BCUT2D eigenvalue weighted by Crippen LogP contribution is -2.56. The van der Waals surface area contributed by atoms with Gasteiger partial charge in [-0.25, -0.2) is 0 Å². The fourth-order valence-electron chi connectivity index (χ4n) is 3.11. The van der Waals surface area contributed by atoms with E-state index in [4.69, 9.17) is 4.74 Å². The first-order valence-electron chi connectivity index (χ1n) is 7.31. The summed E-state index contributed by atoms with van der Waals surface area (Å²) < 4.78 is 5.94. The van der Waals surface area contributed by atoms with Crippen molar-refractivity contribution in [2.45, 2.75) is 50.9 Å². The minimum absolute atomic E-state index is 0.465. The molecule has 18 heavy (non-hydrogen) atoms. The Bertz CT molecular complexity index is 353. The molecule has 1 heterocycles. The average Bonchev–Trinajstić information content (AvgIpc) is 2.39. The molecule has 0 atom stereocenters. The second kappa shape index (κ2) is 5.85. The van der Waals surface area contributed by atoms with Gasteiger partial charge in [-0.05, 0) is 18.4 Å². The highest BCUT2D eigenvalue weighted by Gasteiger charge is 2.33. The van der Waals surface area contributed by atoms with E-state index in [1.165, 1.54) is 37.7 Å². The van der Waals surface area contributed by atoms with Crippen LogP contribution in [0.15, 0.2) is 30.3 Å². The van der Waals surface area contributed by atoms with E-state index in [2.05, 4.69) is 35.2 Å². The van der Waals surface area contributed by atoms with E-state index in [1.807, 2.05) is 0 Å². The highest BCUT2D eigenvalue weighted by Crippen LogP contribution is 2.27. The summed E-state index contributed by atoms with van der Waals surface area (Å²) in [6.07, 6.45) is 7.58. The van der Waals surface area contributed by atoms with Crippen molar-refractivity contribution in [1.29, 1.82) is 0 Å². The highest BCUT2D eigenvalue weighted by molar-refractivity contribution is 5.13. The molecule has 3 rings (SSSR count). The molecule has 0 unspecified atom stereocenters. The van der Waals surface area contributed by atoms with Gasteiger partial charge in [-0.15, -0.1) is 0 Å². The van der Waals surface area contributed by atoms with Gasteiger partial charge in [-0.1, -0.05) is 49.6 Å². The largest absolute Gasteiger partial charge is 0.371 e. The molecular weight excluding hydrogens is 222 g/mol. The minimum Gasteiger partial charge on any atom is -0.371 e. The van der Waals surface area contributed by atoms with Crippen LogP contribution >= 0.6 is 0 Å². The minimum atomic E-state index is 0.465. The lowest BCUT2D eigenvalue weighted by Gasteiger charge is -2.45. The van der Waals surface area contributed by atoms with Crippen molar-refractivity contribution < 1.29 is 4.74 Å². The Labute approximate surface area is 110 Å². The predicted octanol–water partition coefficient (Wildman–Crippen LogP) is 3.22. The molecule has 1 aromatic carbocycles. The smallest absolute Gasteiger partial charge is 0.0833 e. The molecule has 1 saturated heterocycles. The van der Waals surface area contributed by atoms with Crippen molar-refractivity contribution in [3.8, 4) is 0 Å². The molecule has 0 N–H and O–H groups in total. The Kier molecular flexibility index (Phi) is 3.96. The first kappa shape index (κ1) is 12.2. The van der Waals surface area contributed by atoms with Crippen LogP contribution in [0.25, 0.3) is 0 Å². The van der Waals surface area contributed by atoms with Crippen molar-refractivity contribution in [3.05, 3.63) is 35.9 Å². The molecule has 0 bridgehead atoms. The summed E-state index contributed by atoms with van der Waals surface area (Å²) in [7, 11) is 0. The van der Waals surface area contributed by atoms with Gasteiger partial charge < -0.3 is 4.74 Å². The lowest BCUT2D eigenvalue weighted by atomic mass is 9.92. The average molecular weight is 245 g/mol. The zero-order valence-corrected chi connectivity index (χ0v) is 11.1. The lowest BCUT2D eigenvalue weighted by molar-refractivity contribution is -0.0839. The van der Waals surface area contributed by atoms with E-state index in [9.17, 15) is 0 Å². The molecule has 1 saturated carbocycles. The molecule has 98 valence electrons. The van der Waals surface area contributed by atoms with Crippen LogP contribution in [0, 0.1) is 0 Å². The summed E-state index contributed by atoms with van der Waals surface area (Å²) in [4.78, 5) is 2.62. The molecule has 1 aromatic rings. The Balaban J connectivity index is 1.37. The van der Waals surface area contributed by atoms with Gasteiger partial charge in [0.15, 0.2) is 0 Å². The van der Waals surface area contributed by atoms with E-state index < -0.39 is 0 Å². The molecule has 0 spiro atoms. The summed E-state index contributed by atoms with van der Waals surface area (Å²) in [6, 6.07) is 11.3. The maximum atomic E-state index is 5.94. The maximum Gasteiger partial charge on any atom is 0.0833 e. The topological polar surface area (TPSA) is 12.5 Å². The Morgan fingerprint density at radius 3 is 2.44 bits per heavy atom. The van der Waals surface area contributed by atoms with E-state index in [1.54, 1.807) is 0 Å². The zero-order chi connectivity index (χ0) is 12.2.